The maximum Gasteiger partial charge on any atom is 0.306 e. The van der Waals surface area contributed by atoms with Gasteiger partial charge in [0.1, 0.15) is 5.82 Å². The second-order valence-electron chi connectivity index (χ2n) is 3.04. The van der Waals surface area contributed by atoms with Gasteiger partial charge in [0.2, 0.25) is 0 Å². The molecule has 1 aromatic rings. The Morgan fingerprint density at radius 2 is 2.27 bits per heavy atom. The second kappa shape index (κ2) is 5.71. The Kier molecular flexibility index (Phi) is 4.56. The molecule has 0 N–H and O–H groups in total. The molecule has 0 aromatic heterocycles. The highest BCUT2D eigenvalue weighted by atomic mass is 35.5. The van der Waals surface area contributed by atoms with E-state index in [2.05, 4.69) is 0 Å². The van der Waals surface area contributed by atoms with E-state index >= 15 is 0 Å². The van der Waals surface area contributed by atoms with Crippen molar-refractivity contribution in [1.82, 2.24) is 0 Å². The van der Waals surface area contributed by atoms with Crippen molar-refractivity contribution in [2.24, 2.45) is 0 Å². The van der Waals surface area contributed by atoms with Crippen LogP contribution in [0.15, 0.2) is 18.2 Å². The Bertz CT molecular complexity index is 352. The van der Waals surface area contributed by atoms with Crippen LogP contribution in [0.1, 0.15) is 18.9 Å². The Morgan fingerprint density at radius 3 is 2.87 bits per heavy atom. The van der Waals surface area contributed by atoms with Crippen molar-refractivity contribution in [2.75, 3.05) is 6.61 Å². The summed E-state index contributed by atoms with van der Waals surface area (Å²) in [4.78, 5) is 11.1. The molecule has 4 heteroatoms. The third-order valence-electron chi connectivity index (χ3n) is 1.92. The van der Waals surface area contributed by atoms with E-state index in [0.29, 0.717) is 18.1 Å². The van der Waals surface area contributed by atoms with Crippen LogP contribution < -0.4 is 0 Å². The lowest BCUT2D eigenvalue weighted by atomic mass is 10.1. The summed E-state index contributed by atoms with van der Waals surface area (Å²) in [5.74, 6) is -0.641. The fraction of sp³-hybridized carbons (Fsp3) is 0.364. The van der Waals surface area contributed by atoms with E-state index in [1.54, 1.807) is 13.0 Å². The molecular formula is C11H12ClFO2. The lowest BCUT2D eigenvalue weighted by Crippen LogP contribution is -2.05. The number of hydrogen-bond donors (Lipinski definition) is 0. The molecule has 0 saturated carbocycles. The van der Waals surface area contributed by atoms with Crippen molar-refractivity contribution in [3.63, 3.8) is 0 Å². The molecule has 2 nitrogen and oxygen atoms in total. The molecule has 0 atom stereocenters. The molecule has 0 fully saturated rings. The van der Waals surface area contributed by atoms with Crippen molar-refractivity contribution in [3.8, 4) is 0 Å². The summed E-state index contributed by atoms with van der Waals surface area (Å²) in [6.45, 7) is 2.12. The predicted molar refractivity (Wildman–Crippen MR) is 56.4 cm³/mol. The van der Waals surface area contributed by atoms with Crippen LogP contribution in [0.5, 0.6) is 0 Å². The number of carbonyl (C=O) groups is 1. The lowest BCUT2D eigenvalue weighted by molar-refractivity contribution is -0.143. The number of rotatable bonds is 4. The SMILES string of the molecule is CCOC(=O)CCc1ccc(F)cc1Cl. The van der Waals surface area contributed by atoms with Crippen molar-refractivity contribution in [3.05, 3.63) is 34.6 Å². The monoisotopic (exact) mass is 230 g/mol. The Morgan fingerprint density at radius 1 is 1.53 bits per heavy atom. The highest BCUT2D eigenvalue weighted by Gasteiger charge is 2.06. The third-order valence-corrected chi connectivity index (χ3v) is 2.27. The summed E-state index contributed by atoms with van der Waals surface area (Å²) in [7, 11) is 0. The average Bonchev–Trinajstić information content (AvgIpc) is 2.17. The fourth-order valence-electron chi connectivity index (χ4n) is 1.19. The number of hydrogen-bond acceptors (Lipinski definition) is 2. The molecule has 0 heterocycles. The molecule has 0 spiro atoms. The van der Waals surface area contributed by atoms with Gasteiger partial charge in [0, 0.05) is 11.4 Å². The van der Waals surface area contributed by atoms with Crippen LogP contribution in [-0.2, 0) is 16.0 Å². The van der Waals surface area contributed by atoms with Crippen LogP contribution in [0.3, 0.4) is 0 Å². The van der Waals surface area contributed by atoms with Crippen molar-refractivity contribution >= 4 is 17.6 Å². The highest BCUT2D eigenvalue weighted by Crippen LogP contribution is 2.18. The van der Waals surface area contributed by atoms with E-state index in [1.165, 1.54) is 12.1 Å². The molecule has 0 saturated heterocycles. The van der Waals surface area contributed by atoms with E-state index in [4.69, 9.17) is 16.3 Å². The van der Waals surface area contributed by atoms with E-state index in [-0.39, 0.29) is 18.2 Å². The number of esters is 1. The van der Waals surface area contributed by atoms with Crippen LogP contribution in [-0.4, -0.2) is 12.6 Å². The van der Waals surface area contributed by atoms with Gasteiger partial charge in [0.15, 0.2) is 0 Å². The normalized spacial score (nSPS) is 10.1. The summed E-state index contributed by atoms with van der Waals surface area (Å²) >= 11 is 5.80. The molecule has 0 radical (unpaired) electrons. The van der Waals surface area contributed by atoms with Gasteiger partial charge in [-0.3, -0.25) is 4.79 Å². The minimum absolute atomic E-state index is 0.263. The van der Waals surface area contributed by atoms with Crippen LogP contribution in [0.2, 0.25) is 5.02 Å². The Hall–Kier alpha value is -1.09. The quantitative estimate of drug-likeness (QED) is 0.744. The smallest absolute Gasteiger partial charge is 0.306 e. The average molecular weight is 231 g/mol. The zero-order valence-electron chi connectivity index (χ0n) is 8.43. The first-order valence-electron chi connectivity index (χ1n) is 4.73. The van der Waals surface area contributed by atoms with E-state index in [1.807, 2.05) is 0 Å². The zero-order chi connectivity index (χ0) is 11.3. The van der Waals surface area contributed by atoms with Gasteiger partial charge in [0.05, 0.1) is 6.61 Å². The molecule has 0 aliphatic heterocycles. The number of benzene rings is 1. The van der Waals surface area contributed by atoms with Crippen LogP contribution in [0, 0.1) is 5.82 Å². The van der Waals surface area contributed by atoms with Gasteiger partial charge in [-0.2, -0.15) is 0 Å². The summed E-state index contributed by atoms with van der Waals surface area (Å²) in [5, 5.41) is 0.347. The van der Waals surface area contributed by atoms with Gasteiger partial charge in [-0.25, -0.2) is 4.39 Å². The molecule has 1 aromatic carbocycles. The molecule has 1 rings (SSSR count). The summed E-state index contributed by atoms with van der Waals surface area (Å²) in [5.41, 5.74) is 0.756. The number of aryl methyl sites for hydroxylation is 1. The highest BCUT2D eigenvalue weighted by molar-refractivity contribution is 6.31. The summed E-state index contributed by atoms with van der Waals surface area (Å²) < 4.78 is 17.5. The molecular weight excluding hydrogens is 219 g/mol. The van der Waals surface area contributed by atoms with Crippen molar-refractivity contribution < 1.29 is 13.9 Å². The molecule has 0 unspecified atom stereocenters. The first kappa shape index (κ1) is 12.0. The summed E-state index contributed by atoms with van der Waals surface area (Å²) in [6, 6.07) is 4.14. The van der Waals surface area contributed by atoms with Crippen LogP contribution in [0.4, 0.5) is 4.39 Å². The zero-order valence-corrected chi connectivity index (χ0v) is 9.18. The van der Waals surface area contributed by atoms with E-state index in [0.717, 1.165) is 5.56 Å². The molecule has 0 amide bonds. The number of ether oxygens (including phenoxy) is 1. The first-order chi connectivity index (χ1) is 7.13. The van der Waals surface area contributed by atoms with Crippen LogP contribution >= 0.6 is 11.6 Å². The van der Waals surface area contributed by atoms with Gasteiger partial charge in [0.25, 0.3) is 0 Å². The Labute approximate surface area is 93.0 Å². The van der Waals surface area contributed by atoms with Gasteiger partial charge >= 0.3 is 5.97 Å². The largest absolute Gasteiger partial charge is 0.466 e. The third kappa shape index (κ3) is 3.88. The number of carbonyl (C=O) groups excluding carboxylic acids is 1. The van der Waals surface area contributed by atoms with Gasteiger partial charge in [-0.15, -0.1) is 0 Å². The van der Waals surface area contributed by atoms with Gasteiger partial charge in [-0.1, -0.05) is 17.7 Å². The van der Waals surface area contributed by atoms with E-state index < -0.39 is 0 Å². The molecule has 15 heavy (non-hydrogen) atoms. The first-order valence-corrected chi connectivity index (χ1v) is 5.11. The molecule has 0 aliphatic rings. The molecule has 82 valence electrons. The van der Waals surface area contributed by atoms with Crippen LogP contribution in [0.25, 0.3) is 0 Å². The number of halogens is 2. The summed E-state index contributed by atoms with van der Waals surface area (Å²) in [6.07, 6.45) is 0.733. The van der Waals surface area contributed by atoms with Crippen molar-refractivity contribution in [2.45, 2.75) is 19.8 Å². The minimum Gasteiger partial charge on any atom is -0.466 e. The maximum atomic E-state index is 12.7. The fourth-order valence-corrected chi connectivity index (χ4v) is 1.46. The van der Waals surface area contributed by atoms with Gasteiger partial charge < -0.3 is 4.74 Å². The van der Waals surface area contributed by atoms with E-state index in [9.17, 15) is 9.18 Å². The second-order valence-corrected chi connectivity index (χ2v) is 3.45. The maximum absolute atomic E-state index is 12.7. The lowest BCUT2D eigenvalue weighted by Gasteiger charge is -2.04. The van der Waals surface area contributed by atoms with Gasteiger partial charge in [-0.05, 0) is 31.0 Å². The standard InChI is InChI=1S/C11H12ClFO2/c1-2-15-11(14)6-4-8-3-5-9(13)7-10(8)12/h3,5,7H,2,4,6H2,1H3. The van der Waals surface area contributed by atoms with Crippen molar-refractivity contribution in [1.29, 1.82) is 0 Å². The topological polar surface area (TPSA) is 26.3 Å². The Balaban J connectivity index is 2.54. The minimum atomic E-state index is -0.375. The predicted octanol–water partition coefficient (Wildman–Crippen LogP) is 2.97. The molecule has 0 bridgehead atoms. The molecule has 0 aliphatic carbocycles.